The highest BCUT2D eigenvalue weighted by Crippen LogP contribution is 1.86. The zero-order chi connectivity index (χ0) is 8.97. The molecule has 1 N–H and O–H groups in total. The van der Waals surface area contributed by atoms with E-state index in [-0.39, 0.29) is 19.2 Å². The minimum Gasteiger partial charge on any atom is -0.376 e. The summed E-state index contributed by atoms with van der Waals surface area (Å²) >= 11 is 0. The van der Waals surface area contributed by atoms with Crippen LogP contribution in [0.5, 0.6) is 0 Å². The van der Waals surface area contributed by atoms with Gasteiger partial charge in [0.25, 0.3) is 0 Å². The Kier molecular flexibility index (Phi) is 2.70. The molecule has 0 fully saturated rings. The van der Waals surface area contributed by atoms with Crippen molar-refractivity contribution in [2.45, 2.75) is 6.54 Å². The Morgan fingerprint density at radius 3 is 3.00 bits per heavy atom. The molecule has 0 bridgehead atoms. The largest absolute Gasteiger partial charge is 0.376 e. The predicted octanol–water partition coefficient (Wildman–Crippen LogP) is -1.92. The minimum absolute atomic E-state index is 0.0457. The lowest BCUT2D eigenvalue weighted by molar-refractivity contribution is -0.133. The summed E-state index contributed by atoms with van der Waals surface area (Å²) in [5.41, 5.74) is 0. The second-order valence-electron chi connectivity index (χ2n) is 2.24. The van der Waals surface area contributed by atoms with Crippen molar-refractivity contribution >= 4 is 5.91 Å². The predicted molar refractivity (Wildman–Crippen MR) is 37.7 cm³/mol. The fraction of sp³-hybridized carbons (Fsp3) is 0.600. The molecule has 0 spiro atoms. The smallest absolute Gasteiger partial charge is 0.245 e. The van der Waals surface area contributed by atoms with E-state index in [4.69, 9.17) is 5.11 Å². The van der Waals surface area contributed by atoms with E-state index in [9.17, 15) is 4.79 Å². The van der Waals surface area contributed by atoms with Gasteiger partial charge in [-0.05, 0) is 10.4 Å². The van der Waals surface area contributed by atoms with E-state index in [1.54, 1.807) is 0 Å². The van der Waals surface area contributed by atoms with Gasteiger partial charge in [0.2, 0.25) is 5.91 Å². The monoisotopic (exact) mass is 171 g/mol. The Morgan fingerprint density at radius 1 is 1.75 bits per heavy atom. The molecular weight excluding hydrogens is 162 g/mol. The van der Waals surface area contributed by atoms with Gasteiger partial charge in [-0.2, -0.15) is 0 Å². The van der Waals surface area contributed by atoms with E-state index < -0.39 is 0 Å². The molecule has 1 aromatic heterocycles. The summed E-state index contributed by atoms with van der Waals surface area (Å²) in [5.74, 6) is -0.246. The zero-order valence-corrected chi connectivity index (χ0v) is 6.58. The van der Waals surface area contributed by atoms with Gasteiger partial charge in [0.1, 0.15) is 19.6 Å². The number of hydrogen-bond acceptors (Lipinski definition) is 5. The van der Waals surface area contributed by atoms with Crippen LogP contribution in [0.2, 0.25) is 0 Å². The Morgan fingerprint density at radius 2 is 2.50 bits per heavy atom. The highest BCUT2D eigenvalue weighted by Gasteiger charge is 2.07. The van der Waals surface area contributed by atoms with Gasteiger partial charge in [-0.3, -0.25) is 4.79 Å². The number of tetrazole rings is 1. The van der Waals surface area contributed by atoms with Crippen LogP contribution in [-0.4, -0.2) is 49.9 Å². The van der Waals surface area contributed by atoms with Gasteiger partial charge in [-0.15, -0.1) is 5.10 Å². The molecule has 12 heavy (non-hydrogen) atoms. The van der Waals surface area contributed by atoms with Crippen LogP contribution in [0.3, 0.4) is 0 Å². The van der Waals surface area contributed by atoms with Crippen LogP contribution < -0.4 is 0 Å². The number of rotatable bonds is 3. The Balaban J connectivity index is 2.47. The number of amides is 1. The van der Waals surface area contributed by atoms with Crippen molar-refractivity contribution in [1.29, 1.82) is 0 Å². The standard InChI is InChI=1S/C5H9N5O2/c1-9(4-11)5(12)2-10-3-6-7-8-10/h3,11H,2,4H2,1H3. The van der Waals surface area contributed by atoms with Gasteiger partial charge in [-0.25, -0.2) is 4.68 Å². The van der Waals surface area contributed by atoms with Gasteiger partial charge in [0, 0.05) is 7.05 Å². The third kappa shape index (κ3) is 1.99. The van der Waals surface area contributed by atoms with E-state index >= 15 is 0 Å². The van der Waals surface area contributed by atoms with Gasteiger partial charge in [0.05, 0.1) is 0 Å². The van der Waals surface area contributed by atoms with Gasteiger partial charge in [-0.1, -0.05) is 0 Å². The maximum atomic E-state index is 11.1. The number of aliphatic hydroxyl groups is 1. The first-order valence-electron chi connectivity index (χ1n) is 3.29. The number of nitrogens with zero attached hydrogens (tertiary/aromatic N) is 5. The maximum absolute atomic E-state index is 11.1. The Labute approximate surface area is 68.6 Å². The van der Waals surface area contributed by atoms with Crippen molar-refractivity contribution in [3.63, 3.8) is 0 Å². The van der Waals surface area contributed by atoms with Gasteiger partial charge < -0.3 is 10.0 Å². The average molecular weight is 171 g/mol. The van der Waals surface area contributed by atoms with Gasteiger partial charge in [0.15, 0.2) is 0 Å². The summed E-state index contributed by atoms with van der Waals surface area (Å²) in [6.07, 6.45) is 1.34. The fourth-order valence-corrected chi connectivity index (χ4v) is 0.591. The summed E-state index contributed by atoms with van der Waals surface area (Å²) in [4.78, 5) is 12.3. The summed E-state index contributed by atoms with van der Waals surface area (Å²) < 4.78 is 1.29. The lowest BCUT2D eigenvalue weighted by Crippen LogP contribution is -2.31. The molecule has 0 atom stereocenters. The van der Waals surface area contributed by atoms with Gasteiger partial charge >= 0.3 is 0 Å². The molecule has 1 aromatic rings. The van der Waals surface area contributed by atoms with Crippen molar-refractivity contribution in [3.05, 3.63) is 6.33 Å². The molecule has 7 heteroatoms. The highest BCUT2D eigenvalue weighted by molar-refractivity contribution is 5.75. The van der Waals surface area contributed by atoms with Crippen LogP contribution in [0.25, 0.3) is 0 Å². The van der Waals surface area contributed by atoms with Crippen molar-refractivity contribution in [3.8, 4) is 0 Å². The zero-order valence-electron chi connectivity index (χ0n) is 6.58. The second-order valence-corrected chi connectivity index (χ2v) is 2.24. The lowest BCUT2D eigenvalue weighted by atomic mass is 10.5. The number of carbonyl (C=O) groups is 1. The molecule has 0 unspecified atom stereocenters. The average Bonchev–Trinajstić information content (AvgIpc) is 2.55. The van der Waals surface area contributed by atoms with Crippen LogP contribution in [0.15, 0.2) is 6.33 Å². The summed E-state index contributed by atoms with van der Waals surface area (Å²) in [5, 5.41) is 18.8. The van der Waals surface area contributed by atoms with Crippen LogP contribution in [0.4, 0.5) is 0 Å². The normalized spacial score (nSPS) is 9.83. The molecule has 66 valence electrons. The molecule has 0 aliphatic heterocycles. The van der Waals surface area contributed by atoms with Crippen molar-refractivity contribution in [1.82, 2.24) is 25.1 Å². The van der Waals surface area contributed by atoms with Crippen molar-refractivity contribution in [2.75, 3.05) is 13.8 Å². The van der Waals surface area contributed by atoms with E-state index in [1.165, 1.54) is 23.0 Å². The molecular formula is C5H9N5O2. The molecule has 0 saturated heterocycles. The number of aromatic nitrogens is 4. The number of aliphatic hydroxyl groups excluding tert-OH is 1. The first kappa shape index (κ1) is 8.60. The summed E-state index contributed by atoms with van der Waals surface area (Å²) in [7, 11) is 1.49. The third-order valence-corrected chi connectivity index (χ3v) is 1.33. The quantitative estimate of drug-likeness (QED) is 0.536. The van der Waals surface area contributed by atoms with Crippen molar-refractivity contribution < 1.29 is 9.90 Å². The molecule has 0 radical (unpaired) electrons. The Hall–Kier alpha value is -1.50. The van der Waals surface area contributed by atoms with Crippen LogP contribution in [-0.2, 0) is 11.3 Å². The third-order valence-electron chi connectivity index (χ3n) is 1.33. The van der Waals surface area contributed by atoms with Crippen molar-refractivity contribution in [2.24, 2.45) is 0 Å². The van der Waals surface area contributed by atoms with Crippen LogP contribution in [0.1, 0.15) is 0 Å². The Bertz CT molecular complexity index is 246. The van der Waals surface area contributed by atoms with E-state index in [0.29, 0.717) is 0 Å². The minimum atomic E-state index is -0.305. The second kappa shape index (κ2) is 3.77. The molecule has 0 aromatic carbocycles. The van der Waals surface area contributed by atoms with E-state index in [2.05, 4.69) is 15.5 Å². The van der Waals surface area contributed by atoms with E-state index in [1.807, 2.05) is 0 Å². The number of carbonyl (C=O) groups excluding carboxylic acids is 1. The molecule has 1 rings (SSSR count). The SMILES string of the molecule is CN(CO)C(=O)Cn1cnnn1. The van der Waals surface area contributed by atoms with Crippen LogP contribution >= 0.6 is 0 Å². The molecule has 0 saturated carbocycles. The summed E-state index contributed by atoms with van der Waals surface area (Å²) in [6, 6.07) is 0. The lowest BCUT2D eigenvalue weighted by Gasteiger charge is -2.12. The molecule has 0 aliphatic rings. The highest BCUT2D eigenvalue weighted by atomic mass is 16.3. The molecule has 0 aliphatic carbocycles. The first-order chi connectivity index (χ1) is 5.74. The topological polar surface area (TPSA) is 84.1 Å². The molecule has 1 heterocycles. The fourth-order valence-electron chi connectivity index (χ4n) is 0.591. The van der Waals surface area contributed by atoms with E-state index in [0.717, 1.165) is 0 Å². The number of hydrogen-bond donors (Lipinski definition) is 1. The molecule has 1 amide bonds. The summed E-state index contributed by atoms with van der Waals surface area (Å²) in [6.45, 7) is -0.259. The maximum Gasteiger partial charge on any atom is 0.245 e. The van der Waals surface area contributed by atoms with Crippen LogP contribution in [0, 0.1) is 0 Å². The first-order valence-corrected chi connectivity index (χ1v) is 3.29. The number of likely N-dealkylation sites (N-methyl/N-ethyl adjacent to an activating group) is 1. The molecule has 7 nitrogen and oxygen atoms in total.